The maximum Gasteiger partial charge on any atom is 0.0397 e. The second kappa shape index (κ2) is 6.28. The van der Waals surface area contributed by atoms with E-state index in [2.05, 4.69) is 49.5 Å². The molecule has 15 heavy (non-hydrogen) atoms. The number of benzene rings is 1. The molecule has 0 aromatic heterocycles. The Labute approximate surface area is 93.2 Å². The van der Waals surface area contributed by atoms with E-state index in [0.717, 1.165) is 6.54 Å². The molecule has 0 fully saturated rings. The quantitative estimate of drug-likeness (QED) is 0.770. The zero-order valence-corrected chi connectivity index (χ0v) is 10.0. The summed E-state index contributed by atoms with van der Waals surface area (Å²) in [6, 6.07) is 8.87. The molecule has 0 aliphatic carbocycles. The molecule has 1 aromatic rings. The van der Waals surface area contributed by atoms with Gasteiger partial charge in [-0.2, -0.15) is 0 Å². The highest BCUT2D eigenvalue weighted by Gasteiger charge is 1.94. The van der Waals surface area contributed by atoms with Crippen LogP contribution in [0.5, 0.6) is 0 Å². The monoisotopic (exact) mass is 203 g/mol. The lowest BCUT2D eigenvalue weighted by molar-refractivity contribution is 0.808. The fourth-order valence-corrected chi connectivity index (χ4v) is 1.46. The van der Waals surface area contributed by atoms with Gasteiger partial charge in [0.2, 0.25) is 0 Å². The first kappa shape index (κ1) is 11.8. The lowest BCUT2D eigenvalue weighted by Crippen LogP contribution is -2.09. The number of rotatable bonds is 5. The molecule has 0 spiro atoms. The summed E-state index contributed by atoms with van der Waals surface area (Å²) in [5.74, 6) is 0. The molecule has 1 aromatic carbocycles. The van der Waals surface area contributed by atoms with Crippen molar-refractivity contribution < 1.29 is 0 Å². The minimum absolute atomic E-state index is 0.919. The Morgan fingerprint density at radius 2 is 1.80 bits per heavy atom. The molecule has 0 amide bonds. The maximum absolute atomic E-state index is 3.36. The summed E-state index contributed by atoms with van der Waals surface area (Å²) in [7, 11) is 0. The van der Waals surface area contributed by atoms with Crippen LogP contribution < -0.4 is 5.32 Å². The standard InChI is InChI=1S/C14H21N/c1-4-6-13-7-9-14(10-8-13)11-15-12(3)5-2/h5,7-10,15H,4,6,11H2,1-3H3/b12-5+. The first-order valence-corrected chi connectivity index (χ1v) is 5.71. The third kappa shape index (κ3) is 4.20. The van der Waals surface area contributed by atoms with E-state index in [4.69, 9.17) is 0 Å². The molecule has 82 valence electrons. The normalized spacial score (nSPS) is 11.5. The predicted octanol–water partition coefficient (Wildman–Crippen LogP) is 3.65. The second-order valence-corrected chi connectivity index (χ2v) is 3.89. The lowest BCUT2D eigenvalue weighted by atomic mass is 10.1. The lowest BCUT2D eigenvalue weighted by Gasteiger charge is -2.07. The third-order valence-electron chi connectivity index (χ3n) is 2.57. The van der Waals surface area contributed by atoms with Crippen molar-refractivity contribution in [1.82, 2.24) is 5.32 Å². The zero-order valence-electron chi connectivity index (χ0n) is 10.0. The van der Waals surface area contributed by atoms with Gasteiger partial charge in [0.05, 0.1) is 0 Å². The van der Waals surface area contributed by atoms with Crippen LogP contribution in [0.3, 0.4) is 0 Å². The van der Waals surface area contributed by atoms with Gasteiger partial charge in [0.25, 0.3) is 0 Å². The Bertz CT molecular complexity index is 309. The molecule has 1 nitrogen and oxygen atoms in total. The van der Waals surface area contributed by atoms with E-state index in [1.54, 1.807) is 0 Å². The molecule has 0 bridgehead atoms. The van der Waals surface area contributed by atoms with Gasteiger partial charge in [-0.05, 0) is 31.4 Å². The van der Waals surface area contributed by atoms with Crippen LogP contribution in [0.4, 0.5) is 0 Å². The summed E-state index contributed by atoms with van der Waals surface area (Å²) in [6.45, 7) is 7.27. The SMILES string of the molecule is C/C=C(\C)NCc1ccc(CCC)cc1. The summed E-state index contributed by atoms with van der Waals surface area (Å²) in [5.41, 5.74) is 4.01. The van der Waals surface area contributed by atoms with E-state index in [9.17, 15) is 0 Å². The molecule has 1 heteroatoms. The van der Waals surface area contributed by atoms with Gasteiger partial charge >= 0.3 is 0 Å². The number of hydrogen-bond acceptors (Lipinski definition) is 1. The van der Waals surface area contributed by atoms with E-state index in [0.29, 0.717) is 0 Å². The van der Waals surface area contributed by atoms with Crippen LogP contribution in [0.2, 0.25) is 0 Å². The number of hydrogen-bond donors (Lipinski definition) is 1. The highest BCUT2D eigenvalue weighted by molar-refractivity contribution is 5.22. The van der Waals surface area contributed by atoms with Crippen molar-refractivity contribution in [2.75, 3.05) is 0 Å². The number of nitrogens with one attached hydrogen (secondary N) is 1. The second-order valence-electron chi connectivity index (χ2n) is 3.89. The van der Waals surface area contributed by atoms with Gasteiger partial charge in [0, 0.05) is 12.2 Å². The molecular formula is C14H21N. The molecule has 1 N–H and O–H groups in total. The van der Waals surface area contributed by atoms with Gasteiger partial charge < -0.3 is 5.32 Å². The van der Waals surface area contributed by atoms with Crippen LogP contribution in [-0.2, 0) is 13.0 Å². The van der Waals surface area contributed by atoms with Crippen molar-refractivity contribution in [1.29, 1.82) is 0 Å². The Morgan fingerprint density at radius 3 is 2.33 bits per heavy atom. The first-order chi connectivity index (χ1) is 7.26. The van der Waals surface area contributed by atoms with Crippen molar-refractivity contribution >= 4 is 0 Å². The first-order valence-electron chi connectivity index (χ1n) is 5.71. The van der Waals surface area contributed by atoms with E-state index in [-0.39, 0.29) is 0 Å². The average Bonchev–Trinajstić information content (AvgIpc) is 2.28. The molecule has 0 atom stereocenters. The van der Waals surface area contributed by atoms with Gasteiger partial charge in [-0.25, -0.2) is 0 Å². The Balaban J connectivity index is 2.49. The van der Waals surface area contributed by atoms with Gasteiger partial charge in [-0.1, -0.05) is 43.7 Å². The van der Waals surface area contributed by atoms with Crippen molar-refractivity contribution in [3.05, 3.63) is 47.2 Å². The van der Waals surface area contributed by atoms with Crippen LogP contribution in [0.15, 0.2) is 36.0 Å². The molecule has 0 saturated heterocycles. The van der Waals surface area contributed by atoms with E-state index in [1.165, 1.54) is 29.7 Å². The summed E-state index contributed by atoms with van der Waals surface area (Å²) in [4.78, 5) is 0. The zero-order chi connectivity index (χ0) is 11.1. The molecule has 0 heterocycles. The van der Waals surface area contributed by atoms with Crippen molar-refractivity contribution in [3.63, 3.8) is 0 Å². The molecule has 0 radical (unpaired) electrons. The summed E-state index contributed by atoms with van der Waals surface area (Å²) >= 11 is 0. The third-order valence-corrected chi connectivity index (χ3v) is 2.57. The van der Waals surface area contributed by atoms with Crippen LogP contribution >= 0.6 is 0 Å². The number of allylic oxidation sites excluding steroid dienone is 2. The number of aryl methyl sites for hydroxylation is 1. The minimum Gasteiger partial charge on any atom is -0.385 e. The highest BCUT2D eigenvalue weighted by atomic mass is 14.9. The van der Waals surface area contributed by atoms with E-state index >= 15 is 0 Å². The summed E-state index contributed by atoms with van der Waals surface area (Å²) in [6.07, 6.45) is 4.49. The van der Waals surface area contributed by atoms with Crippen LogP contribution in [0.1, 0.15) is 38.3 Å². The Hall–Kier alpha value is -1.24. The topological polar surface area (TPSA) is 12.0 Å². The fraction of sp³-hybridized carbons (Fsp3) is 0.429. The fourth-order valence-electron chi connectivity index (χ4n) is 1.46. The van der Waals surface area contributed by atoms with Gasteiger partial charge in [0.15, 0.2) is 0 Å². The van der Waals surface area contributed by atoms with Crippen LogP contribution in [-0.4, -0.2) is 0 Å². The Morgan fingerprint density at radius 1 is 1.20 bits per heavy atom. The predicted molar refractivity (Wildman–Crippen MR) is 66.7 cm³/mol. The van der Waals surface area contributed by atoms with Crippen molar-refractivity contribution in [2.45, 2.75) is 40.2 Å². The summed E-state index contributed by atoms with van der Waals surface area (Å²) < 4.78 is 0. The minimum atomic E-state index is 0.919. The summed E-state index contributed by atoms with van der Waals surface area (Å²) in [5, 5.41) is 3.36. The molecule has 0 aliphatic rings. The van der Waals surface area contributed by atoms with E-state index in [1.807, 2.05) is 6.92 Å². The maximum atomic E-state index is 3.36. The van der Waals surface area contributed by atoms with Crippen LogP contribution in [0.25, 0.3) is 0 Å². The molecule has 1 rings (SSSR count). The van der Waals surface area contributed by atoms with Gasteiger partial charge in [-0.3, -0.25) is 0 Å². The van der Waals surface area contributed by atoms with Crippen molar-refractivity contribution in [2.24, 2.45) is 0 Å². The molecule has 0 aliphatic heterocycles. The van der Waals surface area contributed by atoms with Crippen molar-refractivity contribution in [3.8, 4) is 0 Å². The highest BCUT2D eigenvalue weighted by Crippen LogP contribution is 2.06. The molecule has 0 saturated carbocycles. The Kier molecular flexibility index (Phi) is 4.96. The average molecular weight is 203 g/mol. The van der Waals surface area contributed by atoms with Gasteiger partial charge in [0.1, 0.15) is 0 Å². The molecule has 0 unspecified atom stereocenters. The van der Waals surface area contributed by atoms with Gasteiger partial charge in [-0.15, -0.1) is 0 Å². The largest absolute Gasteiger partial charge is 0.385 e. The van der Waals surface area contributed by atoms with Crippen LogP contribution in [0, 0.1) is 0 Å². The van der Waals surface area contributed by atoms with E-state index < -0.39 is 0 Å². The molecular weight excluding hydrogens is 182 g/mol. The smallest absolute Gasteiger partial charge is 0.0397 e.